The molecule has 0 saturated heterocycles. The second kappa shape index (κ2) is 7.35. The van der Waals surface area contributed by atoms with Crippen molar-refractivity contribution in [1.82, 2.24) is 0 Å². The fourth-order valence-electron chi connectivity index (χ4n) is 4.74. The summed E-state index contributed by atoms with van der Waals surface area (Å²) >= 11 is 0. The van der Waals surface area contributed by atoms with Crippen LogP contribution in [0.15, 0.2) is 42.5 Å². The Morgan fingerprint density at radius 1 is 1.16 bits per heavy atom. The monoisotopic (exact) mass is 340 g/mol. The highest BCUT2D eigenvalue weighted by Gasteiger charge is 2.42. The van der Waals surface area contributed by atoms with E-state index >= 15 is 0 Å². The van der Waals surface area contributed by atoms with Crippen LogP contribution in [0.1, 0.15) is 64.9 Å². The Bertz CT molecular complexity index is 616. The first kappa shape index (κ1) is 18.2. The topological polar surface area (TPSA) is 26.3 Å². The van der Waals surface area contributed by atoms with Crippen LogP contribution in [0.2, 0.25) is 0 Å². The number of esters is 1. The van der Waals surface area contributed by atoms with Gasteiger partial charge in [-0.2, -0.15) is 0 Å². The number of allylic oxidation sites excluding steroid dienone is 1. The van der Waals surface area contributed by atoms with Crippen LogP contribution in [0.4, 0.5) is 0 Å². The van der Waals surface area contributed by atoms with E-state index in [1.54, 1.807) is 0 Å². The lowest BCUT2D eigenvalue weighted by Gasteiger charge is -2.44. The molecule has 2 heteroatoms. The Morgan fingerprint density at radius 2 is 1.88 bits per heavy atom. The predicted molar refractivity (Wildman–Crippen MR) is 102 cm³/mol. The summed E-state index contributed by atoms with van der Waals surface area (Å²) in [6.45, 7) is 10.9. The molecule has 0 amide bonds. The minimum Gasteiger partial charge on any atom is -0.462 e. The number of ether oxygens (including phenoxy) is 1. The van der Waals surface area contributed by atoms with Crippen molar-refractivity contribution in [1.29, 1.82) is 0 Å². The zero-order chi connectivity index (χ0) is 18.0. The van der Waals surface area contributed by atoms with Gasteiger partial charge in [-0.3, -0.25) is 4.79 Å². The van der Waals surface area contributed by atoms with Gasteiger partial charge in [0.1, 0.15) is 6.10 Å². The molecule has 1 aromatic carbocycles. The molecule has 1 aromatic rings. The Balaban J connectivity index is 1.77. The average molecular weight is 341 g/mol. The van der Waals surface area contributed by atoms with E-state index < -0.39 is 0 Å². The molecule has 0 bridgehead atoms. The third-order valence-electron chi connectivity index (χ3n) is 6.48. The molecule has 2 aliphatic carbocycles. The number of hydrogen-bond donors (Lipinski definition) is 0. The van der Waals surface area contributed by atoms with Crippen LogP contribution in [0.25, 0.3) is 0 Å². The molecule has 2 saturated carbocycles. The summed E-state index contributed by atoms with van der Waals surface area (Å²) in [7, 11) is 0. The highest BCUT2D eigenvalue weighted by molar-refractivity contribution is 5.73. The molecule has 4 atom stereocenters. The van der Waals surface area contributed by atoms with Crippen molar-refractivity contribution >= 4 is 5.97 Å². The van der Waals surface area contributed by atoms with Crippen molar-refractivity contribution in [3.05, 3.63) is 48.0 Å². The highest BCUT2D eigenvalue weighted by Crippen LogP contribution is 2.44. The van der Waals surface area contributed by atoms with E-state index in [1.807, 2.05) is 0 Å². The molecule has 2 aliphatic rings. The van der Waals surface area contributed by atoms with Gasteiger partial charge in [-0.25, -0.2) is 0 Å². The molecular formula is C23H32O2. The molecule has 3 rings (SSSR count). The quantitative estimate of drug-likeness (QED) is 0.521. The maximum atomic E-state index is 12.7. The minimum absolute atomic E-state index is 0.00558. The molecule has 0 aromatic heterocycles. The van der Waals surface area contributed by atoms with Crippen molar-refractivity contribution in [2.24, 2.45) is 17.8 Å². The first-order valence-electron chi connectivity index (χ1n) is 9.80. The number of carbonyl (C=O) groups is 1. The van der Waals surface area contributed by atoms with E-state index in [2.05, 4.69) is 57.7 Å². The fourth-order valence-corrected chi connectivity index (χ4v) is 4.74. The number of hydrogen-bond acceptors (Lipinski definition) is 2. The Kier molecular flexibility index (Phi) is 5.36. The molecule has 0 N–H and O–H groups in total. The average Bonchev–Trinajstić information content (AvgIpc) is 3.02. The van der Waals surface area contributed by atoms with E-state index in [-0.39, 0.29) is 23.4 Å². The van der Waals surface area contributed by atoms with Gasteiger partial charge >= 0.3 is 5.97 Å². The maximum absolute atomic E-state index is 12.7. The standard InChI is InChI=1S/C23H32O2/c1-16-10-12-18(14-16)22(24)25-21-15-17(2)11-13-20(21)23(3,4)19-8-6-5-7-9-19/h5-9,17-18,20-21H,1,10-15H2,2-4H3. The molecular weight excluding hydrogens is 308 g/mol. The molecule has 4 unspecified atom stereocenters. The molecule has 0 heterocycles. The van der Waals surface area contributed by atoms with Gasteiger partial charge in [-0.1, -0.05) is 69.7 Å². The Hall–Kier alpha value is -1.57. The summed E-state index contributed by atoms with van der Waals surface area (Å²) < 4.78 is 6.13. The largest absolute Gasteiger partial charge is 0.462 e. The van der Waals surface area contributed by atoms with Crippen molar-refractivity contribution in [2.45, 2.75) is 70.8 Å². The lowest BCUT2D eigenvalue weighted by atomic mass is 9.64. The fraction of sp³-hybridized carbons (Fsp3) is 0.609. The highest BCUT2D eigenvalue weighted by atomic mass is 16.5. The van der Waals surface area contributed by atoms with Gasteiger partial charge in [0.25, 0.3) is 0 Å². The van der Waals surface area contributed by atoms with Gasteiger partial charge in [0.2, 0.25) is 0 Å². The molecule has 136 valence electrons. The van der Waals surface area contributed by atoms with Crippen LogP contribution in [0, 0.1) is 17.8 Å². The van der Waals surface area contributed by atoms with E-state index in [9.17, 15) is 4.79 Å². The van der Waals surface area contributed by atoms with Crippen molar-refractivity contribution in [2.75, 3.05) is 0 Å². The van der Waals surface area contributed by atoms with E-state index in [1.165, 1.54) is 17.6 Å². The Morgan fingerprint density at radius 3 is 2.52 bits per heavy atom. The lowest BCUT2D eigenvalue weighted by Crippen LogP contribution is -2.44. The summed E-state index contributed by atoms with van der Waals surface area (Å²) in [5, 5.41) is 0. The van der Waals surface area contributed by atoms with E-state index in [0.717, 1.165) is 32.1 Å². The molecule has 0 radical (unpaired) electrons. The van der Waals surface area contributed by atoms with Crippen molar-refractivity contribution in [3.63, 3.8) is 0 Å². The lowest BCUT2D eigenvalue weighted by molar-refractivity contribution is -0.161. The van der Waals surface area contributed by atoms with Gasteiger partial charge in [-0.05, 0) is 49.0 Å². The summed E-state index contributed by atoms with van der Waals surface area (Å²) in [6.07, 6.45) is 6.05. The summed E-state index contributed by atoms with van der Waals surface area (Å²) in [4.78, 5) is 12.7. The smallest absolute Gasteiger partial charge is 0.309 e. The summed E-state index contributed by atoms with van der Waals surface area (Å²) in [6, 6.07) is 10.7. The van der Waals surface area contributed by atoms with Crippen LogP contribution < -0.4 is 0 Å². The molecule has 2 fully saturated rings. The van der Waals surface area contributed by atoms with Crippen LogP contribution in [0.5, 0.6) is 0 Å². The second-order valence-corrected chi connectivity index (χ2v) is 8.78. The van der Waals surface area contributed by atoms with Crippen LogP contribution in [-0.4, -0.2) is 12.1 Å². The summed E-state index contributed by atoms with van der Waals surface area (Å²) in [5.41, 5.74) is 2.54. The Labute approximate surface area is 152 Å². The van der Waals surface area contributed by atoms with Crippen molar-refractivity contribution < 1.29 is 9.53 Å². The minimum atomic E-state index is 0.00558. The third kappa shape index (κ3) is 3.99. The number of carbonyl (C=O) groups excluding carboxylic acids is 1. The summed E-state index contributed by atoms with van der Waals surface area (Å²) in [5.74, 6) is 1.04. The zero-order valence-corrected chi connectivity index (χ0v) is 16.0. The van der Waals surface area contributed by atoms with Gasteiger partial charge in [0, 0.05) is 5.92 Å². The normalized spacial score (nSPS) is 30.3. The van der Waals surface area contributed by atoms with Crippen LogP contribution in [-0.2, 0) is 14.9 Å². The third-order valence-corrected chi connectivity index (χ3v) is 6.48. The molecule has 0 aliphatic heterocycles. The van der Waals surface area contributed by atoms with E-state index in [0.29, 0.717) is 11.8 Å². The predicted octanol–water partition coefficient (Wildman–Crippen LogP) is 5.67. The van der Waals surface area contributed by atoms with Gasteiger partial charge in [-0.15, -0.1) is 0 Å². The second-order valence-electron chi connectivity index (χ2n) is 8.78. The van der Waals surface area contributed by atoms with Gasteiger partial charge < -0.3 is 4.74 Å². The molecule has 2 nitrogen and oxygen atoms in total. The first-order valence-corrected chi connectivity index (χ1v) is 9.80. The van der Waals surface area contributed by atoms with Crippen LogP contribution in [0.3, 0.4) is 0 Å². The van der Waals surface area contributed by atoms with Gasteiger partial charge in [0.15, 0.2) is 0 Å². The molecule has 0 spiro atoms. The first-order chi connectivity index (χ1) is 11.9. The van der Waals surface area contributed by atoms with Crippen LogP contribution >= 0.6 is 0 Å². The SMILES string of the molecule is C=C1CCC(C(=O)OC2CC(C)CCC2C(C)(C)c2ccccc2)C1. The van der Waals surface area contributed by atoms with Gasteiger partial charge in [0.05, 0.1) is 5.92 Å². The maximum Gasteiger partial charge on any atom is 0.309 e. The zero-order valence-electron chi connectivity index (χ0n) is 16.0. The molecule has 25 heavy (non-hydrogen) atoms. The number of benzene rings is 1. The number of rotatable bonds is 4. The van der Waals surface area contributed by atoms with E-state index in [4.69, 9.17) is 4.74 Å². The van der Waals surface area contributed by atoms with Crippen molar-refractivity contribution in [3.8, 4) is 0 Å².